The van der Waals surface area contributed by atoms with Crippen molar-refractivity contribution in [2.45, 2.75) is 13.3 Å². The zero-order chi connectivity index (χ0) is 15.1. The summed E-state index contributed by atoms with van der Waals surface area (Å²) in [6, 6.07) is 5.67. The van der Waals surface area contributed by atoms with Crippen molar-refractivity contribution < 1.29 is 9.53 Å². The molecule has 0 saturated carbocycles. The van der Waals surface area contributed by atoms with E-state index in [1.165, 1.54) is 0 Å². The van der Waals surface area contributed by atoms with Crippen molar-refractivity contribution >= 4 is 11.7 Å². The highest BCUT2D eigenvalue weighted by Crippen LogP contribution is 2.14. The minimum atomic E-state index is 0.0517. The topological polar surface area (TPSA) is 69.5 Å². The Hall–Kier alpha value is -2.13. The fourth-order valence-electron chi connectivity index (χ4n) is 2.22. The van der Waals surface area contributed by atoms with Crippen molar-refractivity contribution in [3.05, 3.63) is 23.9 Å². The number of pyridine rings is 1. The molecule has 1 aromatic rings. The largest absolute Gasteiger partial charge is 0.372 e. The van der Waals surface area contributed by atoms with Crippen LogP contribution in [0, 0.1) is 11.3 Å². The van der Waals surface area contributed by atoms with Crippen LogP contribution in [0.15, 0.2) is 18.3 Å². The maximum Gasteiger partial charge on any atom is 0.248 e. The maximum absolute atomic E-state index is 11.9. The predicted molar refractivity (Wildman–Crippen MR) is 78.9 cm³/mol. The smallest absolute Gasteiger partial charge is 0.248 e. The molecule has 1 fully saturated rings. The number of nitrogens with zero attached hydrogens (tertiary/aromatic N) is 4. The highest BCUT2D eigenvalue weighted by molar-refractivity contribution is 5.77. The first kappa shape index (κ1) is 15.3. The van der Waals surface area contributed by atoms with E-state index < -0.39 is 0 Å². The van der Waals surface area contributed by atoms with E-state index in [2.05, 4.69) is 16.0 Å². The second-order valence-electron chi connectivity index (χ2n) is 4.94. The number of piperazine rings is 1. The van der Waals surface area contributed by atoms with Gasteiger partial charge in [0.25, 0.3) is 0 Å². The van der Waals surface area contributed by atoms with Gasteiger partial charge in [-0.3, -0.25) is 4.79 Å². The molecule has 0 N–H and O–H groups in total. The number of ether oxygens (including phenoxy) is 1. The van der Waals surface area contributed by atoms with Crippen molar-refractivity contribution in [2.75, 3.05) is 44.3 Å². The van der Waals surface area contributed by atoms with Crippen LogP contribution in [0.2, 0.25) is 0 Å². The lowest BCUT2D eigenvalue weighted by Crippen LogP contribution is -2.50. The Morgan fingerprint density at radius 3 is 2.71 bits per heavy atom. The van der Waals surface area contributed by atoms with Gasteiger partial charge in [-0.25, -0.2) is 4.98 Å². The van der Waals surface area contributed by atoms with Crippen LogP contribution in [0.4, 0.5) is 5.82 Å². The Labute approximate surface area is 124 Å². The van der Waals surface area contributed by atoms with E-state index in [1.54, 1.807) is 12.3 Å². The van der Waals surface area contributed by atoms with E-state index in [0.29, 0.717) is 25.3 Å². The molecule has 21 heavy (non-hydrogen) atoms. The Morgan fingerprint density at radius 2 is 2.14 bits per heavy atom. The molecule has 2 heterocycles. The van der Waals surface area contributed by atoms with Crippen LogP contribution in [0.5, 0.6) is 0 Å². The van der Waals surface area contributed by atoms with Gasteiger partial charge in [0.15, 0.2) is 0 Å². The lowest BCUT2D eigenvalue weighted by Gasteiger charge is -2.35. The Bertz CT molecular complexity index is 501. The molecule has 0 unspecified atom stereocenters. The second kappa shape index (κ2) is 7.60. The Morgan fingerprint density at radius 1 is 1.38 bits per heavy atom. The van der Waals surface area contributed by atoms with Crippen molar-refractivity contribution in [1.82, 2.24) is 9.88 Å². The molecule has 0 spiro atoms. The minimum Gasteiger partial charge on any atom is -0.372 e. The van der Waals surface area contributed by atoms with Gasteiger partial charge in [0.2, 0.25) is 5.91 Å². The molecule has 0 aromatic carbocycles. The first-order valence-electron chi connectivity index (χ1n) is 7.21. The third kappa shape index (κ3) is 4.17. The van der Waals surface area contributed by atoms with E-state index in [-0.39, 0.29) is 12.5 Å². The summed E-state index contributed by atoms with van der Waals surface area (Å²) in [4.78, 5) is 20.2. The third-order valence-electron chi connectivity index (χ3n) is 3.41. The Balaban J connectivity index is 1.82. The van der Waals surface area contributed by atoms with Gasteiger partial charge in [-0.1, -0.05) is 6.92 Å². The summed E-state index contributed by atoms with van der Waals surface area (Å²) in [7, 11) is 0. The Kier molecular flexibility index (Phi) is 5.52. The number of aromatic nitrogens is 1. The molecular weight excluding hydrogens is 268 g/mol. The van der Waals surface area contributed by atoms with E-state index in [1.807, 2.05) is 17.9 Å². The average molecular weight is 288 g/mol. The van der Waals surface area contributed by atoms with E-state index in [4.69, 9.17) is 10.00 Å². The van der Waals surface area contributed by atoms with Gasteiger partial charge in [0.1, 0.15) is 18.5 Å². The number of amides is 1. The second-order valence-corrected chi connectivity index (χ2v) is 4.94. The molecule has 6 heteroatoms. The maximum atomic E-state index is 11.9. The fourth-order valence-corrected chi connectivity index (χ4v) is 2.22. The summed E-state index contributed by atoms with van der Waals surface area (Å²) in [5.74, 6) is 0.902. The van der Waals surface area contributed by atoms with Gasteiger partial charge in [0, 0.05) is 39.0 Å². The normalized spacial score (nSPS) is 14.9. The molecule has 1 amide bonds. The van der Waals surface area contributed by atoms with Gasteiger partial charge in [0.05, 0.1) is 5.56 Å². The molecule has 0 radical (unpaired) electrons. The van der Waals surface area contributed by atoms with Gasteiger partial charge >= 0.3 is 0 Å². The molecule has 1 aromatic heterocycles. The number of carbonyl (C=O) groups excluding carboxylic acids is 1. The summed E-state index contributed by atoms with van der Waals surface area (Å²) in [5.41, 5.74) is 0.556. The average Bonchev–Trinajstić information content (AvgIpc) is 2.55. The lowest BCUT2D eigenvalue weighted by atomic mass is 10.2. The fraction of sp³-hybridized carbons (Fsp3) is 0.533. The molecule has 0 bridgehead atoms. The summed E-state index contributed by atoms with van der Waals surface area (Å²) >= 11 is 0. The van der Waals surface area contributed by atoms with Crippen LogP contribution in [0.3, 0.4) is 0 Å². The van der Waals surface area contributed by atoms with Crippen LogP contribution in [-0.2, 0) is 9.53 Å². The van der Waals surface area contributed by atoms with E-state index >= 15 is 0 Å². The standard InChI is InChI=1S/C15H20N4O2/c1-2-9-21-12-15(20)19-7-5-18(6-8-19)14-4-3-13(10-16)11-17-14/h3-4,11H,2,5-9,12H2,1H3. The number of anilines is 1. The zero-order valence-electron chi connectivity index (χ0n) is 12.3. The quantitative estimate of drug-likeness (QED) is 0.757. The van der Waals surface area contributed by atoms with Gasteiger partial charge in [-0.05, 0) is 18.6 Å². The third-order valence-corrected chi connectivity index (χ3v) is 3.41. The highest BCUT2D eigenvalue weighted by atomic mass is 16.5. The lowest BCUT2D eigenvalue weighted by molar-refractivity contribution is -0.136. The minimum absolute atomic E-state index is 0.0517. The molecule has 1 aliphatic heterocycles. The number of rotatable bonds is 5. The summed E-state index contributed by atoms with van der Waals surface area (Å²) in [6.07, 6.45) is 2.50. The van der Waals surface area contributed by atoms with Crippen molar-refractivity contribution in [3.63, 3.8) is 0 Å². The SMILES string of the molecule is CCCOCC(=O)N1CCN(c2ccc(C#N)cn2)CC1. The highest BCUT2D eigenvalue weighted by Gasteiger charge is 2.21. The summed E-state index contributed by atoms with van der Waals surface area (Å²) < 4.78 is 5.29. The number of hydrogen-bond acceptors (Lipinski definition) is 5. The van der Waals surface area contributed by atoms with Crippen LogP contribution < -0.4 is 4.90 Å². The first-order chi connectivity index (χ1) is 10.2. The molecule has 0 aliphatic carbocycles. The van der Waals surface area contributed by atoms with Crippen molar-refractivity contribution in [2.24, 2.45) is 0 Å². The number of carbonyl (C=O) groups is 1. The summed E-state index contributed by atoms with van der Waals surface area (Å²) in [6.45, 7) is 5.67. The van der Waals surface area contributed by atoms with Gasteiger partial charge in [-0.2, -0.15) is 5.26 Å². The molecule has 1 saturated heterocycles. The molecule has 2 rings (SSSR count). The number of hydrogen-bond donors (Lipinski definition) is 0. The molecule has 6 nitrogen and oxygen atoms in total. The van der Waals surface area contributed by atoms with E-state index in [9.17, 15) is 4.79 Å². The van der Waals surface area contributed by atoms with Gasteiger partial charge < -0.3 is 14.5 Å². The van der Waals surface area contributed by atoms with E-state index in [0.717, 1.165) is 25.3 Å². The zero-order valence-corrected chi connectivity index (χ0v) is 12.3. The van der Waals surface area contributed by atoms with Crippen LogP contribution in [-0.4, -0.2) is 55.2 Å². The molecular formula is C15H20N4O2. The first-order valence-corrected chi connectivity index (χ1v) is 7.21. The molecule has 1 aliphatic rings. The monoisotopic (exact) mass is 288 g/mol. The van der Waals surface area contributed by atoms with Crippen molar-refractivity contribution in [1.29, 1.82) is 5.26 Å². The van der Waals surface area contributed by atoms with Gasteiger partial charge in [-0.15, -0.1) is 0 Å². The summed E-state index contributed by atoms with van der Waals surface area (Å²) in [5, 5.41) is 8.76. The molecule has 0 atom stereocenters. The van der Waals surface area contributed by atoms with Crippen LogP contribution in [0.1, 0.15) is 18.9 Å². The number of nitriles is 1. The predicted octanol–water partition coefficient (Wildman–Crippen LogP) is 1.03. The van der Waals surface area contributed by atoms with Crippen LogP contribution >= 0.6 is 0 Å². The molecule has 112 valence electrons. The van der Waals surface area contributed by atoms with Crippen LogP contribution in [0.25, 0.3) is 0 Å². The van der Waals surface area contributed by atoms with Crippen molar-refractivity contribution in [3.8, 4) is 6.07 Å².